The van der Waals surface area contributed by atoms with Crippen molar-refractivity contribution in [3.63, 3.8) is 0 Å². The van der Waals surface area contributed by atoms with Crippen LogP contribution in [0, 0.1) is 0 Å². The molecule has 1 aromatic rings. The van der Waals surface area contributed by atoms with Gasteiger partial charge in [-0.25, -0.2) is 0 Å². The van der Waals surface area contributed by atoms with E-state index < -0.39 is 0 Å². The maximum absolute atomic E-state index is 5.65. The highest BCUT2D eigenvalue weighted by Crippen LogP contribution is 2.24. The lowest BCUT2D eigenvalue weighted by atomic mass is 9.92. The van der Waals surface area contributed by atoms with E-state index in [1.165, 1.54) is 25.7 Å². The van der Waals surface area contributed by atoms with Gasteiger partial charge in [0.15, 0.2) is 0 Å². The first kappa shape index (κ1) is 13.9. The second-order valence-corrected chi connectivity index (χ2v) is 5.90. The number of ether oxygens (including phenoxy) is 2. The third kappa shape index (κ3) is 3.33. The Morgan fingerprint density at radius 1 is 1.35 bits per heavy atom. The van der Waals surface area contributed by atoms with Gasteiger partial charge < -0.3 is 14.8 Å². The van der Waals surface area contributed by atoms with Gasteiger partial charge in [-0.2, -0.15) is 5.10 Å². The van der Waals surface area contributed by atoms with E-state index in [4.69, 9.17) is 9.47 Å². The Kier molecular flexibility index (Phi) is 4.58. The molecular formula is C15H25N3O2. The molecule has 0 bridgehead atoms. The Morgan fingerprint density at radius 3 is 3.05 bits per heavy atom. The topological polar surface area (TPSA) is 48.3 Å². The zero-order chi connectivity index (χ0) is 13.8. The van der Waals surface area contributed by atoms with E-state index >= 15 is 0 Å². The Labute approximate surface area is 120 Å². The van der Waals surface area contributed by atoms with Gasteiger partial charge in [0.25, 0.3) is 0 Å². The van der Waals surface area contributed by atoms with Crippen LogP contribution in [0.25, 0.3) is 0 Å². The van der Waals surface area contributed by atoms with Crippen molar-refractivity contribution in [3.8, 4) is 0 Å². The Hall–Kier alpha value is -1.07. The molecule has 2 aliphatic rings. The van der Waals surface area contributed by atoms with E-state index in [1.54, 1.807) is 0 Å². The number of hydrogen-bond acceptors (Lipinski definition) is 4. The van der Waals surface area contributed by atoms with Crippen LogP contribution >= 0.6 is 0 Å². The van der Waals surface area contributed by atoms with Gasteiger partial charge in [0.05, 0.1) is 36.7 Å². The van der Waals surface area contributed by atoms with Crippen LogP contribution < -0.4 is 5.32 Å². The average molecular weight is 279 g/mol. The molecule has 2 fully saturated rings. The van der Waals surface area contributed by atoms with Crippen molar-refractivity contribution in [2.75, 3.05) is 19.0 Å². The Balaban J connectivity index is 1.55. The molecule has 1 saturated carbocycles. The van der Waals surface area contributed by atoms with Crippen molar-refractivity contribution in [1.82, 2.24) is 9.78 Å². The van der Waals surface area contributed by atoms with Crippen molar-refractivity contribution in [2.45, 2.75) is 63.3 Å². The van der Waals surface area contributed by atoms with E-state index in [2.05, 4.69) is 16.6 Å². The van der Waals surface area contributed by atoms with Gasteiger partial charge in [-0.05, 0) is 25.7 Å². The number of aromatic nitrogens is 2. The standard InChI is InChI=1S/C15H25N3O2/c1-19-15-7-3-2-6-14(15)17-12-9-16-18(10-12)11-13-5-4-8-20-13/h9-10,13-15,17H,2-8,11H2,1H3. The Morgan fingerprint density at radius 2 is 2.25 bits per heavy atom. The van der Waals surface area contributed by atoms with Gasteiger partial charge in [-0.1, -0.05) is 12.8 Å². The molecule has 1 aliphatic carbocycles. The molecule has 0 radical (unpaired) electrons. The van der Waals surface area contributed by atoms with E-state index in [9.17, 15) is 0 Å². The molecule has 3 atom stereocenters. The summed E-state index contributed by atoms with van der Waals surface area (Å²) in [6.07, 6.45) is 11.9. The number of methoxy groups -OCH3 is 1. The van der Waals surface area contributed by atoms with Gasteiger partial charge in [0, 0.05) is 19.9 Å². The first-order valence-corrected chi connectivity index (χ1v) is 7.78. The maximum Gasteiger partial charge on any atom is 0.0772 e. The lowest BCUT2D eigenvalue weighted by Gasteiger charge is -2.31. The summed E-state index contributed by atoms with van der Waals surface area (Å²) < 4.78 is 13.2. The molecule has 3 unspecified atom stereocenters. The molecule has 1 N–H and O–H groups in total. The lowest BCUT2D eigenvalue weighted by Crippen LogP contribution is -2.37. The van der Waals surface area contributed by atoms with Crippen LogP contribution in [-0.2, 0) is 16.0 Å². The summed E-state index contributed by atoms with van der Waals surface area (Å²) in [5.74, 6) is 0. The quantitative estimate of drug-likeness (QED) is 0.899. The summed E-state index contributed by atoms with van der Waals surface area (Å²) in [6.45, 7) is 1.76. The summed E-state index contributed by atoms with van der Waals surface area (Å²) >= 11 is 0. The predicted octanol–water partition coefficient (Wildman–Crippen LogP) is 2.43. The van der Waals surface area contributed by atoms with Crippen molar-refractivity contribution in [2.24, 2.45) is 0 Å². The number of rotatable bonds is 5. The van der Waals surface area contributed by atoms with Crippen LogP contribution in [0.15, 0.2) is 12.4 Å². The van der Waals surface area contributed by atoms with Gasteiger partial charge in [-0.15, -0.1) is 0 Å². The molecule has 2 heterocycles. The number of hydrogen-bond donors (Lipinski definition) is 1. The minimum atomic E-state index is 0.324. The molecule has 1 aliphatic heterocycles. The number of nitrogens with zero attached hydrogens (tertiary/aromatic N) is 2. The highest BCUT2D eigenvalue weighted by atomic mass is 16.5. The number of nitrogens with one attached hydrogen (secondary N) is 1. The monoisotopic (exact) mass is 279 g/mol. The summed E-state index contributed by atoms with van der Waals surface area (Å²) in [5.41, 5.74) is 1.09. The zero-order valence-corrected chi connectivity index (χ0v) is 12.3. The molecule has 112 valence electrons. The van der Waals surface area contributed by atoms with Crippen LogP contribution in [0.3, 0.4) is 0 Å². The van der Waals surface area contributed by atoms with Crippen molar-refractivity contribution in [1.29, 1.82) is 0 Å². The molecule has 1 saturated heterocycles. The number of anilines is 1. The fourth-order valence-electron chi connectivity index (χ4n) is 3.29. The summed E-state index contributed by atoms with van der Waals surface area (Å²) in [7, 11) is 1.81. The minimum Gasteiger partial charge on any atom is -0.379 e. The fourth-order valence-corrected chi connectivity index (χ4v) is 3.29. The first-order chi connectivity index (χ1) is 9.85. The normalized spacial score (nSPS) is 30.6. The Bertz CT molecular complexity index is 415. The molecule has 1 aromatic heterocycles. The van der Waals surface area contributed by atoms with Crippen LogP contribution in [-0.4, -0.2) is 41.7 Å². The molecule has 5 heteroatoms. The van der Waals surface area contributed by atoms with Crippen LogP contribution in [0.5, 0.6) is 0 Å². The van der Waals surface area contributed by atoms with Gasteiger partial charge in [-0.3, -0.25) is 4.68 Å². The van der Waals surface area contributed by atoms with E-state index in [0.29, 0.717) is 18.2 Å². The fraction of sp³-hybridized carbons (Fsp3) is 0.800. The van der Waals surface area contributed by atoms with E-state index in [1.807, 2.05) is 18.0 Å². The van der Waals surface area contributed by atoms with Gasteiger partial charge >= 0.3 is 0 Å². The highest BCUT2D eigenvalue weighted by Gasteiger charge is 2.25. The second kappa shape index (κ2) is 6.59. The SMILES string of the molecule is COC1CCCCC1Nc1cnn(CC2CCCO2)c1. The molecule has 3 rings (SSSR count). The van der Waals surface area contributed by atoms with E-state index in [-0.39, 0.29) is 0 Å². The predicted molar refractivity (Wildman–Crippen MR) is 77.9 cm³/mol. The molecule has 0 amide bonds. The van der Waals surface area contributed by atoms with Gasteiger partial charge in [0.1, 0.15) is 0 Å². The first-order valence-electron chi connectivity index (χ1n) is 7.78. The molecule has 20 heavy (non-hydrogen) atoms. The minimum absolute atomic E-state index is 0.324. The highest BCUT2D eigenvalue weighted by molar-refractivity contribution is 5.39. The summed E-state index contributed by atoms with van der Waals surface area (Å²) in [4.78, 5) is 0. The van der Waals surface area contributed by atoms with Gasteiger partial charge in [0.2, 0.25) is 0 Å². The molecular weight excluding hydrogens is 254 g/mol. The third-order valence-electron chi connectivity index (χ3n) is 4.41. The van der Waals surface area contributed by atoms with Crippen molar-refractivity contribution < 1.29 is 9.47 Å². The summed E-state index contributed by atoms with van der Waals surface area (Å²) in [5, 5.41) is 8.01. The smallest absolute Gasteiger partial charge is 0.0772 e. The third-order valence-corrected chi connectivity index (χ3v) is 4.41. The second-order valence-electron chi connectivity index (χ2n) is 5.90. The van der Waals surface area contributed by atoms with Crippen molar-refractivity contribution in [3.05, 3.63) is 12.4 Å². The average Bonchev–Trinajstić information content (AvgIpc) is 3.12. The van der Waals surface area contributed by atoms with Crippen molar-refractivity contribution >= 4 is 5.69 Å². The molecule has 0 aromatic carbocycles. The van der Waals surface area contributed by atoms with E-state index in [0.717, 1.165) is 31.7 Å². The zero-order valence-electron chi connectivity index (χ0n) is 12.3. The van der Waals surface area contributed by atoms with Crippen LogP contribution in [0.1, 0.15) is 38.5 Å². The summed E-state index contributed by atoms with van der Waals surface area (Å²) in [6, 6.07) is 0.411. The largest absolute Gasteiger partial charge is 0.379 e. The van der Waals surface area contributed by atoms with Crippen LogP contribution in [0.2, 0.25) is 0 Å². The molecule has 0 spiro atoms. The maximum atomic E-state index is 5.65. The molecule has 5 nitrogen and oxygen atoms in total. The lowest BCUT2D eigenvalue weighted by molar-refractivity contribution is 0.0606. The van der Waals surface area contributed by atoms with Crippen LogP contribution in [0.4, 0.5) is 5.69 Å².